The molecule has 0 saturated carbocycles. The van der Waals surface area contributed by atoms with Gasteiger partial charge < -0.3 is 10.4 Å². The lowest BCUT2D eigenvalue weighted by Crippen LogP contribution is -2.20. The monoisotopic (exact) mass is 206 g/mol. The number of nitrogens with zero attached hydrogens (tertiary/aromatic N) is 3. The van der Waals surface area contributed by atoms with E-state index in [4.69, 9.17) is 5.26 Å². The van der Waals surface area contributed by atoms with E-state index in [0.29, 0.717) is 17.9 Å². The second-order valence-corrected chi connectivity index (χ2v) is 3.23. The first kappa shape index (κ1) is 11.4. The molecule has 1 rings (SSSR count). The smallest absolute Gasteiger partial charge is 0.166 e. The Hall–Kier alpha value is -1.67. The highest BCUT2D eigenvalue weighted by Crippen LogP contribution is 2.08. The fraction of sp³-hybridized carbons (Fsp3) is 0.500. The summed E-state index contributed by atoms with van der Waals surface area (Å²) >= 11 is 0. The molecule has 0 amide bonds. The van der Waals surface area contributed by atoms with Gasteiger partial charge in [0.1, 0.15) is 6.07 Å². The molecule has 2 N–H and O–H groups in total. The quantitative estimate of drug-likeness (QED) is 0.748. The average molecular weight is 206 g/mol. The van der Waals surface area contributed by atoms with Crippen molar-refractivity contribution in [1.82, 2.24) is 10.2 Å². The molecule has 0 radical (unpaired) electrons. The number of aliphatic hydroxyl groups excluding tert-OH is 1. The van der Waals surface area contributed by atoms with Crippen LogP contribution in [0.1, 0.15) is 25.3 Å². The molecule has 1 aromatic rings. The first-order chi connectivity index (χ1) is 7.27. The van der Waals surface area contributed by atoms with Gasteiger partial charge in [0.2, 0.25) is 0 Å². The second-order valence-electron chi connectivity index (χ2n) is 3.23. The van der Waals surface area contributed by atoms with E-state index in [0.717, 1.165) is 12.8 Å². The van der Waals surface area contributed by atoms with Crippen LogP contribution in [-0.2, 0) is 0 Å². The van der Waals surface area contributed by atoms with Crippen molar-refractivity contribution in [3.8, 4) is 6.07 Å². The van der Waals surface area contributed by atoms with E-state index in [9.17, 15) is 5.11 Å². The van der Waals surface area contributed by atoms with Crippen LogP contribution in [0.2, 0.25) is 0 Å². The van der Waals surface area contributed by atoms with Crippen molar-refractivity contribution in [2.24, 2.45) is 0 Å². The van der Waals surface area contributed by atoms with E-state index in [-0.39, 0.29) is 0 Å². The van der Waals surface area contributed by atoms with Crippen LogP contribution >= 0.6 is 0 Å². The van der Waals surface area contributed by atoms with Crippen LogP contribution in [0.5, 0.6) is 0 Å². The summed E-state index contributed by atoms with van der Waals surface area (Å²) in [5.41, 5.74) is 0.439. The van der Waals surface area contributed by atoms with Gasteiger partial charge in [-0.25, -0.2) is 0 Å². The number of aliphatic hydroxyl groups is 1. The van der Waals surface area contributed by atoms with E-state index in [1.165, 1.54) is 6.20 Å². The Labute approximate surface area is 88.8 Å². The standard InChI is InChI=1S/C10H14N4O/c1-2-3-9(15)7-12-10-8(6-11)4-5-13-14-10/h4-5,9,15H,2-3,7H2,1H3,(H,12,14). The van der Waals surface area contributed by atoms with Gasteiger partial charge in [-0.2, -0.15) is 10.4 Å². The van der Waals surface area contributed by atoms with E-state index in [2.05, 4.69) is 15.5 Å². The highest BCUT2D eigenvalue weighted by atomic mass is 16.3. The van der Waals surface area contributed by atoms with Gasteiger partial charge in [-0.15, -0.1) is 5.10 Å². The molecule has 0 bridgehead atoms. The number of nitriles is 1. The summed E-state index contributed by atoms with van der Waals surface area (Å²) in [4.78, 5) is 0. The van der Waals surface area contributed by atoms with Gasteiger partial charge in [0.15, 0.2) is 5.82 Å². The molecule has 0 spiro atoms. The number of hydrogen-bond acceptors (Lipinski definition) is 5. The first-order valence-corrected chi connectivity index (χ1v) is 4.91. The van der Waals surface area contributed by atoms with Crippen LogP contribution in [0.25, 0.3) is 0 Å². The molecule has 1 heterocycles. The van der Waals surface area contributed by atoms with E-state index < -0.39 is 6.10 Å². The summed E-state index contributed by atoms with van der Waals surface area (Å²) in [5, 5.41) is 28.6. The number of rotatable bonds is 5. The lowest BCUT2D eigenvalue weighted by molar-refractivity contribution is 0.176. The zero-order valence-corrected chi connectivity index (χ0v) is 8.64. The minimum Gasteiger partial charge on any atom is -0.391 e. The molecule has 1 atom stereocenters. The number of anilines is 1. The minimum atomic E-state index is -0.413. The Kier molecular flexibility index (Phi) is 4.51. The number of hydrogen-bond donors (Lipinski definition) is 2. The van der Waals surface area contributed by atoms with Crippen LogP contribution in [0.4, 0.5) is 5.82 Å². The normalized spacial score (nSPS) is 11.8. The van der Waals surface area contributed by atoms with Gasteiger partial charge in [-0.1, -0.05) is 13.3 Å². The molecular weight excluding hydrogens is 192 g/mol. The largest absolute Gasteiger partial charge is 0.391 e. The van der Waals surface area contributed by atoms with Gasteiger partial charge in [-0.05, 0) is 12.5 Å². The van der Waals surface area contributed by atoms with Crippen molar-refractivity contribution in [2.45, 2.75) is 25.9 Å². The third-order valence-electron chi connectivity index (χ3n) is 1.97. The lowest BCUT2D eigenvalue weighted by Gasteiger charge is -2.10. The maximum atomic E-state index is 9.48. The van der Waals surface area contributed by atoms with Crippen LogP contribution in [-0.4, -0.2) is 28.0 Å². The fourth-order valence-electron chi connectivity index (χ4n) is 1.20. The highest BCUT2D eigenvalue weighted by Gasteiger charge is 2.06. The van der Waals surface area contributed by atoms with Crippen LogP contribution < -0.4 is 5.32 Å². The molecule has 0 saturated heterocycles. The van der Waals surface area contributed by atoms with Crippen LogP contribution in [0.3, 0.4) is 0 Å². The van der Waals surface area contributed by atoms with Crippen molar-refractivity contribution < 1.29 is 5.11 Å². The molecule has 0 aliphatic heterocycles. The van der Waals surface area contributed by atoms with Crippen molar-refractivity contribution in [3.63, 3.8) is 0 Å². The van der Waals surface area contributed by atoms with Gasteiger partial charge in [-0.3, -0.25) is 0 Å². The summed E-state index contributed by atoms with van der Waals surface area (Å²) in [7, 11) is 0. The lowest BCUT2D eigenvalue weighted by atomic mass is 10.2. The van der Waals surface area contributed by atoms with Crippen LogP contribution in [0.15, 0.2) is 12.3 Å². The number of nitrogens with one attached hydrogen (secondary N) is 1. The Bertz CT molecular complexity index is 348. The van der Waals surface area contributed by atoms with E-state index in [1.807, 2.05) is 13.0 Å². The zero-order valence-electron chi connectivity index (χ0n) is 8.64. The average Bonchev–Trinajstić information content (AvgIpc) is 2.27. The summed E-state index contributed by atoms with van der Waals surface area (Å²) < 4.78 is 0. The van der Waals surface area contributed by atoms with Crippen molar-refractivity contribution in [1.29, 1.82) is 5.26 Å². The molecule has 1 aromatic heterocycles. The molecule has 80 valence electrons. The molecule has 0 fully saturated rings. The highest BCUT2D eigenvalue weighted by molar-refractivity contribution is 5.50. The topological polar surface area (TPSA) is 81.8 Å². The Morgan fingerprint density at radius 3 is 3.13 bits per heavy atom. The summed E-state index contributed by atoms with van der Waals surface area (Å²) in [6.07, 6.45) is 2.71. The predicted octanol–water partition coefficient (Wildman–Crippen LogP) is 0.921. The van der Waals surface area contributed by atoms with Gasteiger partial charge in [0.25, 0.3) is 0 Å². The molecule has 0 aliphatic rings. The summed E-state index contributed by atoms with van der Waals surface area (Å²) in [6, 6.07) is 3.59. The zero-order chi connectivity index (χ0) is 11.1. The maximum absolute atomic E-state index is 9.48. The summed E-state index contributed by atoms with van der Waals surface area (Å²) in [6.45, 7) is 2.40. The summed E-state index contributed by atoms with van der Waals surface area (Å²) in [5.74, 6) is 0.426. The SMILES string of the molecule is CCCC(O)CNc1nnccc1C#N. The molecule has 1 unspecified atom stereocenters. The van der Waals surface area contributed by atoms with Gasteiger partial charge in [0, 0.05) is 6.54 Å². The Morgan fingerprint density at radius 1 is 1.67 bits per heavy atom. The Morgan fingerprint density at radius 2 is 2.47 bits per heavy atom. The van der Waals surface area contributed by atoms with Gasteiger partial charge >= 0.3 is 0 Å². The first-order valence-electron chi connectivity index (χ1n) is 4.91. The molecule has 5 nitrogen and oxygen atoms in total. The van der Waals surface area contributed by atoms with E-state index in [1.54, 1.807) is 6.07 Å². The van der Waals surface area contributed by atoms with Crippen LogP contribution in [0, 0.1) is 11.3 Å². The number of aromatic nitrogens is 2. The third-order valence-corrected chi connectivity index (χ3v) is 1.97. The predicted molar refractivity (Wildman–Crippen MR) is 56.2 cm³/mol. The molecule has 0 aliphatic carbocycles. The van der Waals surface area contributed by atoms with Crippen molar-refractivity contribution >= 4 is 5.82 Å². The van der Waals surface area contributed by atoms with Gasteiger partial charge in [0.05, 0.1) is 17.9 Å². The molecule has 0 aromatic carbocycles. The molecular formula is C10H14N4O. The fourth-order valence-corrected chi connectivity index (χ4v) is 1.20. The van der Waals surface area contributed by atoms with E-state index >= 15 is 0 Å². The third kappa shape index (κ3) is 3.52. The molecule has 15 heavy (non-hydrogen) atoms. The second kappa shape index (κ2) is 5.94. The van der Waals surface area contributed by atoms with Crippen molar-refractivity contribution in [2.75, 3.05) is 11.9 Å². The van der Waals surface area contributed by atoms with Crippen molar-refractivity contribution in [3.05, 3.63) is 17.8 Å². The molecule has 5 heteroatoms. The Balaban J connectivity index is 2.54. The minimum absolute atomic E-state index is 0.390. The maximum Gasteiger partial charge on any atom is 0.166 e.